The second-order valence-electron chi connectivity index (χ2n) is 8.23. The molecule has 1 N–H and O–H groups in total. The summed E-state index contributed by atoms with van der Waals surface area (Å²) >= 11 is 0. The number of hydrogen-bond donors (Lipinski definition) is 1. The lowest BCUT2D eigenvalue weighted by atomic mass is 9.80. The lowest BCUT2D eigenvalue weighted by molar-refractivity contribution is 0.101. The molecule has 120 valence electrons. The second-order valence-corrected chi connectivity index (χ2v) is 8.23. The lowest BCUT2D eigenvalue weighted by Crippen LogP contribution is -2.50. The van der Waals surface area contributed by atoms with Crippen molar-refractivity contribution in [3.05, 3.63) is 0 Å². The highest BCUT2D eigenvalue weighted by Crippen LogP contribution is 2.33. The maximum atomic E-state index is 3.76. The van der Waals surface area contributed by atoms with Gasteiger partial charge in [-0.2, -0.15) is 0 Å². The molecule has 1 unspecified atom stereocenters. The summed E-state index contributed by atoms with van der Waals surface area (Å²) < 4.78 is 0. The van der Waals surface area contributed by atoms with Crippen LogP contribution in [0.25, 0.3) is 0 Å². The SMILES string of the molecule is CCC(CC)(CNC(C)(C)C)CN1CCCC1C(C)C. The van der Waals surface area contributed by atoms with Crippen molar-refractivity contribution in [2.75, 3.05) is 19.6 Å². The predicted octanol–water partition coefficient (Wildman–Crippen LogP) is 4.30. The molecule has 0 radical (unpaired) electrons. The Hall–Kier alpha value is -0.0800. The first-order chi connectivity index (χ1) is 9.23. The molecule has 0 bridgehead atoms. The molecule has 1 rings (SSSR count). The Morgan fingerprint density at radius 1 is 1.15 bits per heavy atom. The molecular formula is C18H38N2. The Bertz CT molecular complexity index is 274. The van der Waals surface area contributed by atoms with Crippen molar-refractivity contribution in [1.29, 1.82) is 0 Å². The molecular weight excluding hydrogens is 244 g/mol. The highest BCUT2D eigenvalue weighted by atomic mass is 15.2. The van der Waals surface area contributed by atoms with E-state index in [0.29, 0.717) is 5.41 Å². The van der Waals surface area contributed by atoms with Crippen LogP contribution >= 0.6 is 0 Å². The van der Waals surface area contributed by atoms with E-state index in [-0.39, 0.29) is 5.54 Å². The maximum absolute atomic E-state index is 3.76. The molecule has 2 heteroatoms. The third-order valence-electron chi connectivity index (χ3n) is 5.22. The Balaban J connectivity index is 2.70. The van der Waals surface area contributed by atoms with Crippen LogP contribution in [0.1, 0.15) is 74.1 Å². The molecule has 1 aliphatic heterocycles. The Labute approximate surface area is 127 Å². The number of likely N-dealkylation sites (tertiary alicyclic amines) is 1. The van der Waals surface area contributed by atoms with Crippen molar-refractivity contribution in [3.63, 3.8) is 0 Å². The first-order valence-electron chi connectivity index (χ1n) is 8.72. The third kappa shape index (κ3) is 5.04. The quantitative estimate of drug-likeness (QED) is 0.749. The van der Waals surface area contributed by atoms with Crippen molar-refractivity contribution < 1.29 is 0 Å². The van der Waals surface area contributed by atoms with E-state index in [0.717, 1.165) is 18.5 Å². The predicted molar refractivity (Wildman–Crippen MR) is 90.2 cm³/mol. The van der Waals surface area contributed by atoms with Crippen molar-refractivity contribution in [3.8, 4) is 0 Å². The van der Waals surface area contributed by atoms with E-state index in [1.807, 2.05) is 0 Å². The minimum atomic E-state index is 0.220. The van der Waals surface area contributed by atoms with Crippen LogP contribution in [0.5, 0.6) is 0 Å². The molecule has 1 saturated heterocycles. The summed E-state index contributed by atoms with van der Waals surface area (Å²) in [4.78, 5) is 2.78. The molecule has 0 amide bonds. The second kappa shape index (κ2) is 7.26. The van der Waals surface area contributed by atoms with Crippen LogP contribution in [0.15, 0.2) is 0 Å². The summed E-state index contributed by atoms with van der Waals surface area (Å²) in [6, 6.07) is 0.808. The monoisotopic (exact) mass is 282 g/mol. The molecule has 1 fully saturated rings. The third-order valence-corrected chi connectivity index (χ3v) is 5.22. The Morgan fingerprint density at radius 2 is 1.75 bits per heavy atom. The van der Waals surface area contributed by atoms with Gasteiger partial charge in [0.15, 0.2) is 0 Å². The first kappa shape index (κ1) is 18.0. The van der Waals surface area contributed by atoms with Crippen LogP contribution < -0.4 is 5.32 Å². The van der Waals surface area contributed by atoms with E-state index in [2.05, 4.69) is 58.7 Å². The zero-order valence-corrected chi connectivity index (χ0v) is 15.1. The van der Waals surface area contributed by atoms with Gasteiger partial charge in [0, 0.05) is 24.7 Å². The van der Waals surface area contributed by atoms with Gasteiger partial charge >= 0.3 is 0 Å². The molecule has 2 nitrogen and oxygen atoms in total. The summed E-state index contributed by atoms with van der Waals surface area (Å²) in [7, 11) is 0. The number of rotatable bonds is 7. The van der Waals surface area contributed by atoms with E-state index < -0.39 is 0 Å². The van der Waals surface area contributed by atoms with Crippen molar-refractivity contribution in [2.24, 2.45) is 11.3 Å². The molecule has 0 spiro atoms. The van der Waals surface area contributed by atoms with Crippen LogP contribution in [0, 0.1) is 11.3 Å². The van der Waals surface area contributed by atoms with Crippen LogP contribution in [-0.2, 0) is 0 Å². The molecule has 1 heterocycles. The van der Waals surface area contributed by atoms with Gasteiger partial charge in [-0.3, -0.25) is 4.90 Å². The maximum Gasteiger partial charge on any atom is 0.0119 e. The van der Waals surface area contributed by atoms with Gasteiger partial charge in [-0.1, -0.05) is 27.7 Å². The van der Waals surface area contributed by atoms with Gasteiger partial charge in [0.1, 0.15) is 0 Å². The Kier molecular flexibility index (Phi) is 6.53. The molecule has 0 saturated carbocycles. The topological polar surface area (TPSA) is 15.3 Å². The zero-order chi connectivity index (χ0) is 15.4. The minimum absolute atomic E-state index is 0.220. The summed E-state index contributed by atoms with van der Waals surface area (Å²) in [5, 5.41) is 3.76. The summed E-state index contributed by atoms with van der Waals surface area (Å²) in [5.74, 6) is 0.791. The fourth-order valence-electron chi connectivity index (χ4n) is 3.47. The van der Waals surface area contributed by atoms with Crippen LogP contribution in [0.4, 0.5) is 0 Å². The smallest absolute Gasteiger partial charge is 0.0119 e. The van der Waals surface area contributed by atoms with E-state index >= 15 is 0 Å². The average molecular weight is 283 g/mol. The average Bonchev–Trinajstić information content (AvgIpc) is 2.81. The van der Waals surface area contributed by atoms with Crippen molar-refractivity contribution >= 4 is 0 Å². The minimum Gasteiger partial charge on any atom is -0.311 e. The molecule has 1 aliphatic rings. The number of nitrogens with zero attached hydrogens (tertiary/aromatic N) is 1. The van der Waals surface area contributed by atoms with Gasteiger partial charge < -0.3 is 5.32 Å². The van der Waals surface area contributed by atoms with Gasteiger partial charge in [0.05, 0.1) is 0 Å². The number of hydrogen-bond acceptors (Lipinski definition) is 2. The van der Waals surface area contributed by atoms with Crippen LogP contribution in [0.2, 0.25) is 0 Å². The molecule has 0 aromatic rings. The van der Waals surface area contributed by atoms with Gasteiger partial charge in [-0.25, -0.2) is 0 Å². The summed E-state index contributed by atoms with van der Waals surface area (Å²) in [5.41, 5.74) is 0.656. The van der Waals surface area contributed by atoms with Gasteiger partial charge in [-0.15, -0.1) is 0 Å². The Morgan fingerprint density at radius 3 is 2.20 bits per heavy atom. The van der Waals surface area contributed by atoms with Crippen LogP contribution in [-0.4, -0.2) is 36.1 Å². The van der Waals surface area contributed by atoms with E-state index in [9.17, 15) is 0 Å². The van der Waals surface area contributed by atoms with Crippen LogP contribution in [0.3, 0.4) is 0 Å². The zero-order valence-electron chi connectivity index (χ0n) is 15.1. The molecule has 20 heavy (non-hydrogen) atoms. The first-order valence-corrected chi connectivity index (χ1v) is 8.72. The highest BCUT2D eigenvalue weighted by Gasteiger charge is 2.35. The molecule has 0 aliphatic carbocycles. The van der Waals surface area contributed by atoms with Gasteiger partial charge in [0.25, 0.3) is 0 Å². The van der Waals surface area contributed by atoms with E-state index in [1.165, 1.54) is 38.8 Å². The normalized spacial score (nSPS) is 21.9. The molecule has 0 aromatic carbocycles. The van der Waals surface area contributed by atoms with Gasteiger partial charge in [-0.05, 0) is 64.3 Å². The van der Waals surface area contributed by atoms with Crippen molar-refractivity contribution in [1.82, 2.24) is 10.2 Å². The summed E-state index contributed by atoms with van der Waals surface area (Å²) in [6.07, 6.45) is 5.33. The lowest BCUT2D eigenvalue weighted by Gasteiger charge is -2.41. The largest absolute Gasteiger partial charge is 0.311 e. The van der Waals surface area contributed by atoms with Crippen molar-refractivity contribution in [2.45, 2.75) is 85.7 Å². The fourth-order valence-corrected chi connectivity index (χ4v) is 3.47. The van der Waals surface area contributed by atoms with E-state index in [1.54, 1.807) is 0 Å². The molecule has 0 aromatic heterocycles. The summed E-state index contributed by atoms with van der Waals surface area (Å²) in [6.45, 7) is 20.0. The highest BCUT2D eigenvalue weighted by molar-refractivity contribution is 4.90. The van der Waals surface area contributed by atoms with Gasteiger partial charge in [0.2, 0.25) is 0 Å². The number of nitrogens with one attached hydrogen (secondary N) is 1. The molecule has 1 atom stereocenters. The van der Waals surface area contributed by atoms with E-state index in [4.69, 9.17) is 0 Å². The standard InChI is InChI=1S/C18H38N2/c1-8-18(9-2,13-19-17(5,6)7)14-20-12-10-11-16(20)15(3)4/h15-16,19H,8-14H2,1-7H3. The fraction of sp³-hybridized carbons (Fsp3) is 1.00.